The first-order chi connectivity index (χ1) is 12.6. The van der Waals surface area contributed by atoms with Crippen molar-refractivity contribution in [3.8, 4) is 0 Å². The summed E-state index contributed by atoms with van der Waals surface area (Å²) >= 11 is 0. The van der Waals surface area contributed by atoms with Gasteiger partial charge in [0, 0.05) is 0 Å². The second-order valence-corrected chi connectivity index (χ2v) is 12.6. The summed E-state index contributed by atoms with van der Waals surface area (Å²) < 4.78 is 6.82. The fraction of sp³-hybridized carbons (Fsp3) is 0.500. The van der Waals surface area contributed by atoms with E-state index < -0.39 is 8.32 Å². The lowest BCUT2D eigenvalue weighted by molar-refractivity contribution is 0.111. The highest BCUT2D eigenvalue weighted by Crippen LogP contribution is 2.50. The molecule has 1 nitrogen and oxygen atoms in total. The van der Waals surface area contributed by atoms with Crippen LogP contribution in [0.5, 0.6) is 0 Å². The van der Waals surface area contributed by atoms with Gasteiger partial charge in [0.15, 0.2) is 0 Å². The van der Waals surface area contributed by atoms with Gasteiger partial charge in [0.05, 0.1) is 6.10 Å². The molecule has 138 valence electrons. The molecule has 0 amide bonds. The fourth-order valence-electron chi connectivity index (χ4n) is 5.37. The van der Waals surface area contributed by atoms with Gasteiger partial charge < -0.3 is 4.43 Å². The number of aryl methyl sites for hydroxylation is 1. The second kappa shape index (κ2) is 7.32. The third kappa shape index (κ3) is 3.42. The number of rotatable bonds is 5. The van der Waals surface area contributed by atoms with Gasteiger partial charge in [0.25, 0.3) is 0 Å². The van der Waals surface area contributed by atoms with Gasteiger partial charge in [-0.25, -0.2) is 0 Å². The van der Waals surface area contributed by atoms with Crippen molar-refractivity contribution in [3.05, 3.63) is 65.7 Å². The highest BCUT2D eigenvalue weighted by molar-refractivity contribution is 6.85. The molecule has 26 heavy (non-hydrogen) atoms. The molecule has 1 aliphatic heterocycles. The van der Waals surface area contributed by atoms with Crippen molar-refractivity contribution in [2.24, 2.45) is 17.8 Å². The highest BCUT2D eigenvalue weighted by atomic mass is 28.4. The van der Waals surface area contributed by atoms with Crippen molar-refractivity contribution in [1.29, 1.82) is 0 Å². The molecular weight excluding hydrogens is 332 g/mol. The molecule has 0 N–H and O–H groups in total. The number of benzene rings is 2. The van der Waals surface area contributed by atoms with Crippen LogP contribution in [-0.4, -0.2) is 8.32 Å². The van der Waals surface area contributed by atoms with E-state index >= 15 is 0 Å². The van der Waals surface area contributed by atoms with E-state index in [1.807, 2.05) is 0 Å². The smallest absolute Gasteiger partial charge is 0.219 e. The quantitative estimate of drug-likeness (QED) is 0.604. The summed E-state index contributed by atoms with van der Waals surface area (Å²) in [5, 5.41) is 1.53. The first-order valence-corrected chi connectivity index (χ1v) is 13.3. The Balaban J connectivity index is 1.55. The van der Waals surface area contributed by atoms with E-state index in [9.17, 15) is 0 Å². The van der Waals surface area contributed by atoms with Gasteiger partial charge in [-0.05, 0) is 72.8 Å². The Labute approximate surface area is 159 Å². The van der Waals surface area contributed by atoms with Gasteiger partial charge in [0.1, 0.15) is 0 Å². The van der Waals surface area contributed by atoms with Crippen LogP contribution in [0.3, 0.4) is 0 Å². The minimum absolute atomic E-state index is 0.338. The topological polar surface area (TPSA) is 9.23 Å². The van der Waals surface area contributed by atoms with Crippen LogP contribution >= 0.6 is 0 Å². The summed E-state index contributed by atoms with van der Waals surface area (Å²) in [6.07, 6.45) is 6.89. The minimum Gasteiger partial charge on any atom is -0.406 e. The van der Waals surface area contributed by atoms with Crippen molar-refractivity contribution < 1.29 is 4.43 Å². The Bertz CT molecular complexity index is 739. The Kier molecular flexibility index (Phi) is 5.07. The second-order valence-electron chi connectivity index (χ2n) is 8.83. The van der Waals surface area contributed by atoms with Crippen molar-refractivity contribution in [3.63, 3.8) is 0 Å². The highest BCUT2D eigenvalue weighted by Gasteiger charge is 2.47. The first-order valence-electron chi connectivity index (χ1n) is 10.4. The molecule has 2 aromatic rings. The molecule has 1 heterocycles. The van der Waals surface area contributed by atoms with Gasteiger partial charge in [0.2, 0.25) is 8.32 Å². The largest absolute Gasteiger partial charge is 0.406 e. The predicted molar refractivity (Wildman–Crippen MR) is 112 cm³/mol. The lowest BCUT2D eigenvalue weighted by Crippen LogP contribution is -2.40. The average molecular weight is 365 g/mol. The molecule has 2 heteroatoms. The van der Waals surface area contributed by atoms with Crippen molar-refractivity contribution in [1.82, 2.24) is 0 Å². The zero-order valence-electron chi connectivity index (χ0n) is 16.4. The monoisotopic (exact) mass is 364 g/mol. The number of hydrogen-bond acceptors (Lipinski definition) is 1. The molecule has 2 aromatic carbocycles. The maximum atomic E-state index is 6.82. The van der Waals surface area contributed by atoms with E-state index in [0.29, 0.717) is 12.0 Å². The summed E-state index contributed by atoms with van der Waals surface area (Å²) in [6.45, 7) is 7.11. The van der Waals surface area contributed by atoms with Gasteiger partial charge >= 0.3 is 0 Å². The van der Waals surface area contributed by atoms with E-state index in [2.05, 4.69) is 74.6 Å². The Hall–Kier alpha value is -1.38. The van der Waals surface area contributed by atoms with Gasteiger partial charge in [-0.3, -0.25) is 0 Å². The third-order valence-corrected chi connectivity index (χ3v) is 9.39. The van der Waals surface area contributed by atoms with Gasteiger partial charge in [-0.1, -0.05) is 67.9 Å². The summed E-state index contributed by atoms with van der Waals surface area (Å²) in [4.78, 5) is 0. The zero-order chi connectivity index (χ0) is 18.1. The molecule has 4 rings (SSSR count). The Morgan fingerprint density at radius 1 is 0.962 bits per heavy atom. The molecule has 1 fully saturated rings. The van der Waals surface area contributed by atoms with Crippen LogP contribution in [0.15, 0.2) is 54.6 Å². The molecule has 1 saturated carbocycles. The van der Waals surface area contributed by atoms with E-state index in [4.69, 9.17) is 4.43 Å². The molecule has 1 aliphatic carbocycles. The molecule has 0 spiro atoms. The van der Waals surface area contributed by atoms with Gasteiger partial charge in [-0.2, -0.15) is 0 Å². The van der Waals surface area contributed by atoms with Crippen LogP contribution in [0.25, 0.3) is 0 Å². The average Bonchev–Trinajstić information content (AvgIpc) is 3.19. The lowest BCUT2D eigenvalue weighted by atomic mass is 9.83. The molecule has 2 aliphatic rings. The normalized spacial score (nSPS) is 29.7. The van der Waals surface area contributed by atoms with Crippen LogP contribution in [0.2, 0.25) is 13.1 Å². The number of fused-ring (bicyclic) bond motifs is 1. The van der Waals surface area contributed by atoms with Crippen molar-refractivity contribution in [2.45, 2.75) is 58.2 Å². The molecule has 4 unspecified atom stereocenters. The molecule has 0 saturated heterocycles. The Morgan fingerprint density at radius 3 is 2.46 bits per heavy atom. The van der Waals surface area contributed by atoms with E-state index in [-0.39, 0.29) is 0 Å². The van der Waals surface area contributed by atoms with Crippen molar-refractivity contribution >= 4 is 13.5 Å². The predicted octanol–water partition coefficient (Wildman–Crippen LogP) is 5.86. The van der Waals surface area contributed by atoms with E-state index in [1.165, 1.54) is 48.4 Å². The molecule has 0 bridgehead atoms. The standard InChI is InChI=1S/C24H32OSi/c1-4-18-16-20(15-14-19-10-6-5-7-11-19)22(17-18)24-21-12-8-9-13-23(21)26(2,3)25-24/h5-13,18,20,22,24H,4,14-17H2,1-3H3. The molecule has 0 radical (unpaired) electrons. The third-order valence-electron chi connectivity index (χ3n) is 6.80. The SMILES string of the molecule is CCC1CC(CCc2ccccc2)C(C2O[Si](C)(C)c3ccccc32)C1. The van der Waals surface area contributed by atoms with Crippen molar-refractivity contribution in [2.75, 3.05) is 0 Å². The summed E-state index contributed by atoms with van der Waals surface area (Å²) in [7, 11) is -1.74. The van der Waals surface area contributed by atoms with Crippen LogP contribution in [0.1, 0.15) is 49.8 Å². The van der Waals surface area contributed by atoms with Gasteiger partial charge in [-0.15, -0.1) is 0 Å². The molecule has 4 atom stereocenters. The summed E-state index contributed by atoms with van der Waals surface area (Å²) in [5.41, 5.74) is 2.99. The van der Waals surface area contributed by atoms with E-state index in [1.54, 1.807) is 0 Å². The maximum Gasteiger partial charge on any atom is 0.219 e. The number of hydrogen-bond donors (Lipinski definition) is 0. The Morgan fingerprint density at radius 2 is 1.69 bits per heavy atom. The molecule has 0 aromatic heterocycles. The van der Waals surface area contributed by atoms with E-state index in [0.717, 1.165) is 11.8 Å². The summed E-state index contributed by atoms with van der Waals surface area (Å²) in [5.74, 6) is 2.36. The van der Waals surface area contributed by atoms with Crippen LogP contribution in [0, 0.1) is 17.8 Å². The molecular formula is C24H32OSi. The fourth-order valence-corrected chi connectivity index (χ4v) is 7.85. The lowest BCUT2D eigenvalue weighted by Gasteiger charge is -2.28. The van der Waals surface area contributed by atoms with Crippen LogP contribution < -0.4 is 5.19 Å². The zero-order valence-corrected chi connectivity index (χ0v) is 17.4. The van der Waals surface area contributed by atoms with Crippen LogP contribution in [0.4, 0.5) is 0 Å². The first kappa shape index (κ1) is 18.0. The summed E-state index contributed by atoms with van der Waals surface area (Å²) in [6, 6.07) is 20.1. The minimum atomic E-state index is -1.74. The maximum absolute atomic E-state index is 6.82. The van der Waals surface area contributed by atoms with Crippen LogP contribution in [-0.2, 0) is 10.8 Å².